The highest BCUT2D eigenvalue weighted by atomic mass is 35.5. The number of halogens is 2. The molecule has 1 aliphatic heterocycles. The predicted octanol–water partition coefficient (Wildman–Crippen LogP) is 0.256. The molecule has 0 spiro atoms. The molecule has 0 radical (unpaired) electrons. The Labute approximate surface area is 117 Å². The van der Waals surface area contributed by atoms with Crippen LogP contribution in [0.5, 0.6) is 0 Å². The third-order valence-corrected chi connectivity index (χ3v) is 3.49. The van der Waals surface area contributed by atoms with E-state index in [1.54, 1.807) is 6.07 Å². The van der Waals surface area contributed by atoms with Gasteiger partial charge in [0, 0.05) is 6.20 Å². The number of alkyl halides is 1. The van der Waals surface area contributed by atoms with Gasteiger partial charge in [-0.1, -0.05) is 0 Å². The van der Waals surface area contributed by atoms with Crippen LogP contribution in [0.1, 0.15) is 6.23 Å². The van der Waals surface area contributed by atoms with Gasteiger partial charge in [0.05, 0.1) is 12.0 Å². The molecule has 2 aromatic heterocycles. The van der Waals surface area contributed by atoms with Gasteiger partial charge in [-0.3, -0.25) is 0 Å². The lowest BCUT2D eigenvalue weighted by molar-refractivity contribution is -0.0457. The van der Waals surface area contributed by atoms with E-state index in [0.29, 0.717) is 11.0 Å². The number of rotatable bonds is 2. The lowest BCUT2D eigenvalue weighted by atomic mass is 10.1. The molecule has 0 bridgehead atoms. The predicted molar refractivity (Wildman–Crippen MR) is 68.8 cm³/mol. The first-order valence-electron chi connectivity index (χ1n) is 5.91. The fourth-order valence-electron chi connectivity index (χ4n) is 2.31. The zero-order valence-electron chi connectivity index (χ0n) is 10.1. The summed E-state index contributed by atoms with van der Waals surface area (Å²) >= 11 is 5.74. The van der Waals surface area contributed by atoms with Crippen LogP contribution < -0.4 is 5.73 Å². The molecule has 1 aliphatic rings. The first-order chi connectivity index (χ1) is 9.52. The van der Waals surface area contributed by atoms with E-state index >= 15 is 0 Å². The second kappa shape index (κ2) is 4.81. The Morgan fingerprint density at radius 2 is 2.25 bits per heavy atom. The number of aliphatic hydroxyl groups is 2. The molecule has 9 heteroatoms. The van der Waals surface area contributed by atoms with Crippen LogP contribution in [0.15, 0.2) is 12.3 Å². The van der Waals surface area contributed by atoms with Gasteiger partial charge in [-0.25, -0.2) is 9.37 Å². The molecular weight excluding hydrogens is 291 g/mol. The summed E-state index contributed by atoms with van der Waals surface area (Å²) in [6.45, 7) is -0.477. The summed E-state index contributed by atoms with van der Waals surface area (Å²) in [7, 11) is 0. The third-order valence-electron chi connectivity index (χ3n) is 3.32. The van der Waals surface area contributed by atoms with Gasteiger partial charge in [-0.2, -0.15) is 4.98 Å². The lowest BCUT2D eigenvalue weighted by Crippen LogP contribution is -2.30. The van der Waals surface area contributed by atoms with Gasteiger partial charge in [-0.15, -0.1) is 0 Å². The molecule has 3 heterocycles. The second-order valence-electron chi connectivity index (χ2n) is 4.52. The number of hydrogen-bond donors (Lipinski definition) is 3. The molecule has 0 aliphatic carbocycles. The summed E-state index contributed by atoms with van der Waals surface area (Å²) in [5.41, 5.74) is 6.02. The Bertz CT molecular complexity index is 652. The molecule has 7 nitrogen and oxygen atoms in total. The van der Waals surface area contributed by atoms with E-state index in [9.17, 15) is 9.50 Å². The largest absolute Gasteiger partial charge is 0.394 e. The lowest BCUT2D eigenvalue weighted by Gasteiger charge is -2.16. The van der Waals surface area contributed by atoms with Crippen molar-refractivity contribution in [2.45, 2.75) is 24.6 Å². The topological polar surface area (TPSA) is 106 Å². The van der Waals surface area contributed by atoms with Crippen LogP contribution >= 0.6 is 11.6 Å². The van der Waals surface area contributed by atoms with Gasteiger partial charge in [-0.05, 0) is 17.7 Å². The average molecular weight is 303 g/mol. The van der Waals surface area contributed by atoms with Crippen molar-refractivity contribution in [3.63, 3.8) is 0 Å². The Balaban J connectivity index is 2.07. The normalized spacial score (nSPS) is 30.2. The fourth-order valence-corrected chi connectivity index (χ4v) is 2.48. The summed E-state index contributed by atoms with van der Waals surface area (Å²) in [5.74, 6) is 0.173. The van der Waals surface area contributed by atoms with Gasteiger partial charge in [0.2, 0.25) is 5.28 Å². The van der Waals surface area contributed by atoms with E-state index in [1.165, 1.54) is 10.8 Å². The minimum Gasteiger partial charge on any atom is -0.394 e. The maximum atomic E-state index is 14.1. The van der Waals surface area contributed by atoms with Crippen molar-refractivity contribution in [3.05, 3.63) is 17.5 Å². The summed E-state index contributed by atoms with van der Waals surface area (Å²) in [4.78, 5) is 7.80. The highest BCUT2D eigenvalue weighted by Crippen LogP contribution is 2.34. The van der Waals surface area contributed by atoms with Gasteiger partial charge in [0.1, 0.15) is 23.7 Å². The number of nitrogens with zero attached hydrogens (tertiary/aromatic N) is 3. The van der Waals surface area contributed by atoms with Gasteiger partial charge in [0.25, 0.3) is 0 Å². The molecule has 20 heavy (non-hydrogen) atoms. The molecule has 1 fully saturated rings. The molecule has 1 saturated heterocycles. The van der Waals surface area contributed by atoms with E-state index in [1.807, 2.05) is 0 Å². The van der Waals surface area contributed by atoms with Crippen LogP contribution in [0.3, 0.4) is 0 Å². The van der Waals surface area contributed by atoms with Crippen LogP contribution in [0.2, 0.25) is 5.28 Å². The van der Waals surface area contributed by atoms with Crippen LogP contribution in [0, 0.1) is 0 Å². The van der Waals surface area contributed by atoms with Gasteiger partial charge in [0.15, 0.2) is 12.4 Å². The summed E-state index contributed by atoms with van der Waals surface area (Å²) in [6, 6.07) is 1.61. The number of fused-ring (bicyclic) bond motifs is 1. The Kier molecular flexibility index (Phi) is 3.25. The molecule has 4 N–H and O–H groups in total. The SMILES string of the molecule is Nc1nc(Cl)nc2c1ccn2C1OC(CO)C(O)C1F. The Morgan fingerprint density at radius 3 is 2.90 bits per heavy atom. The van der Waals surface area contributed by atoms with Crippen molar-refractivity contribution in [1.82, 2.24) is 14.5 Å². The Morgan fingerprint density at radius 1 is 1.50 bits per heavy atom. The van der Waals surface area contributed by atoms with Crippen molar-refractivity contribution in [3.8, 4) is 0 Å². The molecule has 0 saturated carbocycles. The van der Waals surface area contributed by atoms with Crippen molar-refractivity contribution < 1.29 is 19.3 Å². The standard InChI is InChI=1S/C11H12ClFN4O3/c12-11-15-8(14)4-1-2-17(9(4)16-11)10-6(13)7(19)5(3-18)20-10/h1-2,5-7,10,18-19H,3H2,(H2,14,15,16). The zero-order chi connectivity index (χ0) is 14.4. The highest BCUT2D eigenvalue weighted by Gasteiger charge is 2.45. The highest BCUT2D eigenvalue weighted by molar-refractivity contribution is 6.28. The maximum Gasteiger partial charge on any atom is 0.226 e. The molecule has 3 rings (SSSR count). The molecule has 0 aromatic carbocycles. The van der Waals surface area contributed by atoms with Crippen molar-refractivity contribution in [1.29, 1.82) is 0 Å². The number of nitrogens with two attached hydrogens (primary N) is 1. The van der Waals surface area contributed by atoms with Crippen LogP contribution in [0.4, 0.5) is 10.2 Å². The second-order valence-corrected chi connectivity index (χ2v) is 4.86. The summed E-state index contributed by atoms with van der Waals surface area (Å²) in [5, 5.41) is 19.1. The van der Waals surface area contributed by atoms with Crippen LogP contribution in [0.25, 0.3) is 11.0 Å². The number of anilines is 1. The quantitative estimate of drug-likeness (QED) is 0.687. The van der Waals surface area contributed by atoms with Gasteiger partial charge >= 0.3 is 0 Å². The molecular formula is C11H12ClFN4O3. The van der Waals surface area contributed by atoms with E-state index in [2.05, 4.69) is 9.97 Å². The molecule has 4 atom stereocenters. The monoisotopic (exact) mass is 302 g/mol. The number of nitrogen functional groups attached to an aromatic ring is 1. The van der Waals surface area contributed by atoms with Crippen LogP contribution in [-0.4, -0.2) is 49.7 Å². The van der Waals surface area contributed by atoms with Crippen molar-refractivity contribution >= 4 is 28.5 Å². The first kappa shape index (κ1) is 13.5. The van der Waals surface area contributed by atoms with Crippen LogP contribution in [-0.2, 0) is 4.74 Å². The van der Waals surface area contributed by atoms with E-state index < -0.39 is 31.2 Å². The minimum atomic E-state index is -1.70. The summed E-state index contributed by atoms with van der Waals surface area (Å²) in [6.07, 6.45) is -3.67. The minimum absolute atomic E-state index is 0.0670. The number of aromatic nitrogens is 3. The van der Waals surface area contributed by atoms with Crippen molar-refractivity contribution in [2.24, 2.45) is 0 Å². The van der Waals surface area contributed by atoms with Crippen molar-refractivity contribution in [2.75, 3.05) is 12.3 Å². The third kappa shape index (κ3) is 1.92. The summed E-state index contributed by atoms with van der Waals surface area (Å²) < 4.78 is 20.8. The van der Waals surface area contributed by atoms with E-state index in [4.69, 9.17) is 27.2 Å². The van der Waals surface area contributed by atoms with E-state index in [-0.39, 0.29) is 11.1 Å². The number of hydrogen-bond acceptors (Lipinski definition) is 6. The van der Waals surface area contributed by atoms with E-state index in [0.717, 1.165) is 0 Å². The fraction of sp³-hybridized carbons (Fsp3) is 0.455. The number of ether oxygens (including phenoxy) is 1. The molecule has 108 valence electrons. The average Bonchev–Trinajstić information content (AvgIpc) is 2.93. The Hall–Kier alpha value is -1.48. The first-order valence-corrected chi connectivity index (χ1v) is 6.28. The number of aliphatic hydroxyl groups excluding tert-OH is 2. The molecule has 4 unspecified atom stereocenters. The zero-order valence-corrected chi connectivity index (χ0v) is 10.9. The molecule has 0 amide bonds. The molecule has 2 aromatic rings. The maximum absolute atomic E-state index is 14.1. The smallest absolute Gasteiger partial charge is 0.226 e. The van der Waals surface area contributed by atoms with Gasteiger partial charge < -0.3 is 25.3 Å².